The molecule has 0 rings (SSSR count). The fraction of sp³-hybridized carbons (Fsp3) is 0.857. The van der Waals surface area contributed by atoms with Crippen LogP contribution in [-0.4, -0.2) is 24.9 Å². The molecule has 0 aliphatic carbocycles. The maximum atomic E-state index is 10.8. The molecule has 3 N–H and O–H groups in total. The van der Waals surface area contributed by atoms with Gasteiger partial charge in [-0.1, -0.05) is 6.92 Å². The lowest BCUT2D eigenvalue weighted by Gasteiger charge is -2.11. The summed E-state index contributed by atoms with van der Waals surface area (Å²) in [6.45, 7) is 4.88. The molecule has 0 aromatic rings. The van der Waals surface area contributed by atoms with Crippen LogP contribution in [-0.2, 0) is 4.79 Å². The minimum Gasteiger partial charge on any atom is -0.329 e. The zero-order valence-electron chi connectivity index (χ0n) is 6.68. The summed E-state index contributed by atoms with van der Waals surface area (Å²) in [7, 11) is 0. The van der Waals surface area contributed by atoms with Crippen LogP contribution in [0.4, 0.5) is 0 Å². The molecule has 0 saturated heterocycles. The van der Waals surface area contributed by atoms with Crippen molar-refractivity contribution in [3.63, 3.8) is 0 Å². The van der Waals surface area contributed by atoms with E-state index in [9.17, 15) is 4.79 Å². The van der Waals surface area contributed by atoms with E-state index in [4.69, 9.17) is 5.73 Å². The molecule has 0 spiro atoms. The Balaban J connectivity index is 3.50. The topological polar surface area (TPSA) is 55.1 Å². The van der Waals surface area contributed by atoms with Gasteiger partial charge in [-0.05, 0) is 13.3 Å². The van der Waals surface area contributed by atoms with Gasteiger partial charge in [0.1, 0.15) is 5.78 Å². The van der Waals surface area contributed by atoms with E-state index in [1.54, 1.807) is 6.92 Å². The zero-order valence-corrected chi connectivity index (χ0v) is 6.68. The maximum absolute atomic E-state index is 10.8. The number of Topliss-reactive ketones (excluding diaryl/α,β-unsaturated/α-hetero) is 1. The largest absolute Gasteiger partial charge is 0.329 e. The Morgan fingerprint density at radius 3 is 2.60 bits per heavy atom. The molecule has 3 nitrogen and oxygen atoms in total. The molecule has 10 heavy (non-hydrogen) atoms. The van der Waals surface area contributed by atoms with Crippen molar-refractivity contribution < 1.29 is 4.79 Å². The van der Waals surface area contributed by atoms with Crippen molar-refractivity contribution in [2.45, 2.75) is 26.3 Å². The normalized spacial score (nSPS) is 13.1. The van der Waals surface area contributed by atoms with Crippen LogP contribution in [0.25, 0.3) is 0 Å². The molecular formula is C7H16N2O. The second-order valence-electron chi connectivity index (χ2n) is 2.31. The van der Waals surface area contributed by atoms with Gasteiger partial charge in [0.05, 0.1) is 6.04 Å². The smallest absolute Gasteiger partial charge is 0.146 e. The fourth-order valence-electron chi connectivity index (χ4n) is 0.833. The van der Waals surface area contributed by atoms with E-state index in [2.05, 4.69) is 5.32 Å². The van der Waals surface area contributed by atoms with E-state index in [1.807, 2.05) is 6.92 Å². The first-order valence-corrected chi connectivity index (χ1v) is 3.66. The van der Waals surface area contributed by atoms with Crippen LogP contribution < -0.4 is 11.1 Å². The molecule has 0 aliphatic heterocycles. The van der Waals surface area contributed by atoms with E-state index in [0.29, 0.717) is 6.54 Å². The zero-order chi connectivity index (χ0) is 7.98. The Labute approximate surface area is 62.0 Å². The first kappa shape index (κ1) is 9.59. The third-order valence-electron chi connectivity index (χ3n) is 1.43. The minimum absolute atomic E-state index is 0.00329. The first-order valence-electron chi connectivity index (χ1n) is 3.66. The lowest BCUT2D eigenvalue weighted by Crippen LogP contribution is -2.37. The van der Waals surface area contributed by atoms with Gasteiger partial charge in [-0.3, -0.25) is 4.79 Å². The molecule has 0 bridgehead atoms. The van der Waals surface area contributed by atoms with E-state index >= 15 is 0 Å². The van der Waals surface area contributed by atoms with Crippen LogP contribution in [0.3, 0.4) is 0 Å². The highest BCUT2D eigenvalue weighted by Gasteiger charge is 2.08. The molecule has 0 aromatic carbocycles. The Bertz CT molecular complexity index is 104. The van der Waals surface area contributed by atoms with E-state index < -0.39 is 0 Å². The number of ketones is 1. The molecule has 0 saturated carbocycles. The lowest BCUT2D eigenvalue weighted by atomic mass is 10.1. The average molecular weight is 144 g/mol. The Morgan fingerprint density at radius 1 is 1.70 bits per heavy atom. The van der Waals surface area contributed by atoms with Gasteiger partial charge in [-0.25, -0.2) is 0 Å². The summed E-state index contributed by atoms with van der Waals surface area (Å²) in [5.41, 5.74) is 5.26. The molecule has 0 fully saturated rings. The van der Waals surface area contributed by atoms with Crippen molar-refractivity contribution in [1.29, 1.82) is 0 Å². The highest BCUT2D eigenvalue weighted by atomic mass is 16.1. The molecule has 3 heteroatoms. The van der Waals surface area contributed by atoms with Gasteiger partial charge >= 0.3 is 0 Å². The third kappa shape index (κ3) is 3.58. The summed E-state index contributed by atoms with van der Waals surface area (Å²) in [4.78, 5) is 10.8. The van der Waals surface area contributed by atoms with E-state index in [-0.39, 0.29) is 11.8 Å². The predicted octanol–water partition coefficient (Wildman–Crippen LogP) is -0.0977. The van der Waals surface area contributed by atoms with Crippen LogP contribution >= 0.6 is 0 Å². The van der Waals surface area contributed by atoms with Gasteiger partial charge in [-0.2, -0.15) is 0 Å². The van der Waals surface area contributed by atoms with Gasteiger partial charge in [0.2, 0.25) is 0 Å². The van der Waals surface area contributed by atoms with Crippen LogP contribution in [0.15, 0.2) is 0 Å². The maximum Gasteiger partial charge on any atom is 0.146 e. The van der Waals surface area contributed by atoms with E-state index in [0.717, 1.165) is 13.0 Å². The second-order valence-corrected chi connectivity index (χ2v) is 2.31. The quantitative estimate of drug-likeness (QED) is 0.566. The summed E-state index contributed by atoms with van der Waals surface area (Å²) in [6, 6.07) is 0.00329. The van der Waals surface area contributed by atoms with Gasteiger partial charge in [0.25, 0.3) is 0 Å². The average Bonchev–Trinajstić information content (AvgIpc) is 1.89. The molecule has 0 aliphatic rings. The van der Waals surface area contributed by atoms with Crippen molar-refractivity contribution in [1.82, 2.24) is 5.32 Å². The predicted molar refractivity (Wildman–Crippen MR) is 41.8 cm³/mol. The number of hydrogen-bond donors (Lipinski definition) is 2. The molecule has 0 radical (unpaired) electrons. The standard InChI is InChI=1S/C7H16N2O/c1-3-7(6(2)10)9-5-4-8/h7,9H,3-5,8H2,1-2H3. The molecule has 1 atom stereocenters. The van der Waals surface area contributed by atoms with Crippen LogP contribution in [0.2, 0.25) is 0 Å². The Hall–Kier alpha value is -0.410. The summed E-state index contributed by atoms with van der Waals surface area (Å²) in [5, 5.41) is 3.04. The first-order chi connectivity index (χ1) is 4.72. The number of rotatable bonds is 5. The summed E-state index contributed by atoms with van der Waals surface area (Å²) in [5.74, 6) is 0.191. The molecule has 1 unspecified atom stereocenters. The lowest BCUT2D eigenvalue weighted by molar-refractivity contribution is -0.119. The molecule has 60 valence electrons. The number of nitrogens with two attached hydrogens (primary N) is 1. The number of carbonyl (C=O) groups excluding carboxylic acids is 1. The van der Waals surface area contributed by atoms with Crippen LogP contribution in [0.5, 0.6) is 0 Å². The number of nitrogens with one attached hydrogen (secondary N) is 1. The highest BCUT2D eigenvalue weighted by molar-refractivity contribution is 5.81. The third-order valence-corrected chi connectivity index (χ3v) is 1.43. The molecule has 0 aromatic heterocycles. The Morgan fingerprint density at radius 2 is 2.30 bits per heavy atom. The summed E-state index contributed by atoms with van der Waals surface area (Å²) < 4.78 is 0. The summed E-state index contributed by atoms with van der Waals surface area (Å²) >= 11 is 0. The van der Waals surface area contributed by atoms with Crippen molar-refractivity contribution >= 4 is 5.78 Å². The molecule has 0 amide bonds. The van der Waals surface area contributed by atoms with Gasteiger partial charge < -0.3 is 11.1 Å². The van der Waals surface area contributed by atoms with Crippen LogP contribution in [0.1, 0.15) is 20.3 Å². The fourth-order valence-corrected chi connectivity index (χ4v) is 0.833. The van der Waals surface area contributed by atoms with Gasteiger partial charge in [-0.15, -0.1) is 0 Å². The van der Waals surface area contributed by atoms with Gasteiger partial charge in [0, 0.05) is 13.1 Å². The highest BCUT2D eigenvalue weighted by Crippen LogP contribution is 1.90. The molecule has 0 heterocycles. The number of hydrogen-bond acceptors (Lipinski definition) is 3. The van der Waals surface area contributed by atoms with Gasteiger partial charge in [0.15, 0.2) is 0 Å². The number of carbonyl (C=O) groups is 1. The second kappa shape index (κ2) is 5.38. The minimum atomic E-state index is 0.00329. The van der Waals surface area contributed by atoms with Crippen molar-refractivity contribution in [3.8, 4) is 0 Å². The van der Waals surface area contributed by atoms with Crippen molar-refractivity contribution in [2.75, 3.05) is 13.1 Å². The Kier molecular flexibility index (Phi) is 5.16. The monoisotopic (exact) mass is 144 g/mol. The van der Waals surface area contributed by atoms with E-state index in [1.165, 1.54) is 0 Å². The SMILES string of the molecule is CCC(NCCN)C(C)=O. The van der Waals surface area contributed by atoms with Crippen molar-refractivity contribution in [2.24, 2.45) is 5.73 Å². The summed E-state index contributed by atoms with van der Waals surface area (Å²) in [6.07, 6.45) is 0.843. The molecular weight excluding hydrogens is 128 g/mol. The van der Waals surface area contributed by atoms with Crippen molar-refractivity contribution in [3.05, 3.63) is 0 Å². The van der Waals surface area contributed by atoms with Crippen LogP contribution in [0, 0.1) is 0 Å².